The summed E-state index contributed by atoms with van der Waals surface area (Å²) in [5.41, 5.74) is 3.42. The van der Waals surface area contributed by atoms with Crippen LogP contribution in [-0.4, -0.2) is 21.1 Å². The zero-order chi connectivity index (χ0) is 49.0. The van der Waals surface area contributed by atoms with Crippen LogP contribution in [0.2, 0.25) is 0 Å². The quantitative estimate of drug-likeness (QED) is 0.169. The fourth-order valence-electron chi connectivity index (χ4n) is 4.82. The number of benzene rings is 3. The van der Waals surface area contributed by atoms with Gasteiger partial charge in [-0.3, -0.25) is 0 Å². The fourth-order valence-corrected chi connectivity index (χ4v) is 5.65. The minimum atomic E-state index is -4.62. The van der Waals surface area contributed by atoms with Gasteiger partial charge in [-0.15, -0.1) is 24.5 Å². The number of alkyl halides is 10. The summed E-state index contributed by atoms with van der Waals surface area (Å²) in [6.45, 7) is 27.8. The van der Waals surface area contributed by atoms with E-state index in [1.807, 2.05) is 83.1 Å². The van der Waals surface area contributed by atoms with Crippen LogP contribution in [0.15, 0.2) is 97.5 Å². The minimum absolute atomic E-state index is 0.0727. The van der Waals surface area contributed by atoms with Crippen molar-refractivity contribution in [1.82, 2.24) is 14.8 Å². The number of hydrogen-bond acceptors (Lipinski definition) is 4. The van der Waals surface area contributed by atoms with Gasteiger partial charge in [-0.25, -0.2) is 18.4 Å². The van der Waals surface area contributed by atoms with Gasteiger partial charge < -0.3 is 4.74 Å². The Bertz CT molecular complexity index is 1950. The van der Waals surface area contributed by atoms with Gasteiger partial charge in [0, 0.05) is 17.3 Å². The topological polar surface area (TPSA) is 39.9 Å². The maximum atomic E-state index is 12.2. The van der Waals surface area contributed by atoms with E-state index in [4.69, 9.17) is 0 Å². The van der Waals surface area contributed by atoms with Gasteiger partial charge in [0.2, 0.25) is 0 Å². The van der Waals surface area contributed by atoms with E-state index in [0.717, 1.165) is 45.0 Å². The maximum Gasteiger partial charge on any atom is 0.573 e. The summed E-state index contributed by atoms with van der Waals surface area (Å²) >= 11 is 1.09. The van der Waals surface area contributed by atoms with E-state index < -0.39 is 31.1 Å². The van der Waals surface area contributed by atoms with Crippen molar-refractivity contribution in [3.63, 3.8) is 0 Å². The molecule has 0 spiro atoms. The van der Waals surface area contributed by atoms with Crippen LogP contribution in [0.4, 0.5) is 43.9 Å². The monoisotopic (exact) mass is 919 g/mol. The highest BCUT2D eigenvalue weighted by Crippen LogP contribution is 2.33. The number of halogens is 10. The Labute approximate surface area is 371 Å². The molecule has 0 radical (unpaired) electrons. The molecule has 5 rings (SSSR count). The SMILES string of the molecule is CC(C)(C)c1ccc(C(F)(F)F)cc1.CC(C)(C)c1ccc(OC(F)(F)F)cc1.CC(C)(C)c1ccccc1.CC(C)(C)c1cnc(C(F)F)s1.CC(C)(C)c1cnn(C(F)F)c1. The average Bonchev–Trinajstić information content (AvgIpc) is 3.84. The number of aromatic nitrogens is 3. The molecule has 3 aromatic carbocycles. The number of ether oxygens (including phenoxy) is 1. The molecular weight excluding hydrogens is 857 g/mol. The molecule has 2 heterocycles. The molecule has 0 bridgehead atoms. The van der Waals surface area contributed by atoms with Gasteiger partial charge in [-0.1, -0.05) is 158 Å². The summed E-state index contributed by atoms with van der Waals surface area (Å²) in [7, 11) is 0. The molecule has 5 aromatic rings. The van der Waals surface area contributed by atoms with Crippen molar-refractivity contribution in [1.29, 1.82) is 0 Å². The van der Waals surface area contributed by atoms with E-state index in [1.54, 1.807) is 12.1 Å². The van der Waals surface area contributed by atoms with Crippen LogP contribution < -0.4 is 4.74 Å². The van der Waals surface area contributed by atoms with Gasteiger partial charge in [0.25, 0.3) is 6.43 Å². The molecule has 0 aliphatic rings. The maximum absolute atomic E-state index is 12.2. The Balaban J connectivity index is 0.000000396. The smallest absolute Gasteiger partial charge is 0.406 e. The number of hydrogen-bond donors (Lipinski definition) is 0. The van der Waals surface area contributed by atoms with Crippen LogP contribution in [0.5, 0.6) is 5.75 Å². The molecule has 0 aliphatic carbocycles. The molecule has 0 amide bonds. The second kappa shape index (κ2) is 22.5. The highest BCUT2D eigenvalue weighted by molar-refractivity contribution is 7.11. The van der Waals surface area contributed by atoms with Gasteiger partial charge in [-0.05, 0) is 73.6 Å². The van der Waals surface area contributed by atoms with E-state index in [-0.39, 0.29) is 32.4 Å². The Morgan fingerprint density at radius 2 is 0.889 bits per heavy atom. The summed E-state index contributed by atoms with van der Waals surface area (Å²) in [6, 6.07) is 21.8. The zero-order valence-electron chi connectivity index (χ0n) is 38.8. The van der Waals surface area contributed by atoms with Gasteiger partial charge in [-0.2, -0.15) is 27.1 Å². The van der Waals surface area contributed by atoms with Gasteiger partial charge in [0.15, 0.2) is 5.01 Å². The first-order valence-corrected chi connectivity index (χ1v) is 20.8. The first-order valence-electron chi connectivity index (χ1n) is 20.0. The third kappa shape index (κ3) is 21.7. The largest absolute Gasteiger partial charge is 0.573 e. The molecule has 0 fully saturated rings. The van der Waals surface area contributed by atoms with Crippen molar-refractivity contribution in [3.8, 4) is 5.75 Å². The lowest BCUT2D eigenvalue weighted by molar-refractivity contribution is -0.274. The van der Waals surface area contributed by atoms with Gasteiger partial charge >= 0.3 is 19.1 Å². The van der Waals surface area contributed by atoms with Gasteiger partial charge in [0.1, 0.15) is 5.75 Å². The predicted octanol–water partition coefficient (Wildman–Crippen LogP) is 16.8. The lowest BCUT2D eigenvalue weighted by atomic mass is 9.87. The standard InChI is InChI=1S/C11H13F3O.C11H13F3.C10H14.C8H12F2N2.C8H11F2NS/c1-10(2,3)8-4-6-9(7-5-8)15-11(12,13)14;1-10(2,3)8-4-6-9(7-5-8)11(12,13)14;1-10(2,3)9-7-5-4-6-8-9;1-8(2,3)6-4-11-12(5-6)7(9)10;1-8(2,3)5-4-11-7(12-5)6(9)10/h4-7H,1-3H3;4-7H,1-3H3;4-8H,1-3H3;4-5,7H,1-3H3;4,6H,1-3H3. The number of nitrogens with zero attached hydrogens (tertiary/aromatic N) is 3. The Hall–Kier alpha value is -4.40. The molecule has 63 heavy (non-hydrogen) atoms. The summed E-state index contributed by atoms with van der Waals surface area (Å²) in [6.07, 6.45) is -6.91. The van der Waals surface area contributed by atoms with Crippen LogP contribution in [-0.2, 0) is 33.3 Å². The average molecular weight is 920 g/mol. The van der Waals surface area contributed by atoms with Crippen molar-refractivity contribution in [2.24, 2.45) is 0 Å². The molecule has 4 nitrogen and oxygen atoms in total. The number of thiazole rings is 1. The lowest BCUT2D eigenvalue weighted by Crippen LogP contribution is -2.17. The van der Waals surface area contributed by atoms with Crippen molar-refractivity contribution < 1.29 is 48.6 Å². The fraction of sp³-hybridized carbons (Fsp3) is 0.500. The first kappa shape index (κ1) is 56.6. The molecule has 0 aliphatic heterocycles. The second-order valence-electron chi connectivity index (χ2n) is 19.6. The first-order chi connectivity index (χ1) is 28.3. The van der Waals surface area contributed by atoms with Crippen LogP contribution in [0, 0.1) is 0 Å². The molecule has 15 heteroatoms. The molecular formula is C48H63F10N3OS. The number of rotatable bonds is 3. The third-order valence-corrected chi connectivity index (χ3v) is 10.2. The summed E-state index contributed by atoms with van der Waals surface area (Å²) in [5.74, 6) is -0.185. The molecule has 0 unspecified atom stereocenters. The summed E-state index contributed by atoms with van der Waals surface area (Å²) in [4.78, 5) is 4.55. The van der Waals surface area contributed by atoms with E-state index in [2.05, 4.69) is 65.9 Å². The van der Waals surface area contributed by atoms with Crippen molar-refractivity contribution >= 4 is 11.3 Å². The van der Waals surface area contributed by atoms with Crippen LogP contribution in [0.1, 0.15) is 155 Å². The highest BCUT2D eigenvalue weighted by Gasteiger charge is 2.32. The highest BCUT2D eigenvalue weighted by atomic mass is 32.1. The third-order valence-electron chi connectivity index (χ3n) is 8.79. The van der Waals surface area contributed by atoms with Gasteiger partial charge in [0.05, 0.1) is 11.8 Å². The predicted molar refractivity (Wildman–Crippen MR) is 235 cm³/mol. The molecule has 0 atom stereocenters. The Morgan fingerprint density at radius 1 is 0.492 bits per heavy atom. The Kier molecular flexibility index (Phi) is 20.2. The molecule has 352 valence electrons. The van der Waals surface area contributed by atoms with E-state index in [1.165, 1.54) is 48.4 Å². The molecule has 2 aromatic heterocycles. The normalized spacial score (nSPS) is 12.5. The zero-order valence-corrected chi connectivity index (χ0v) is 39.6. The minimum Gasteiger partial charge on any atom is -0.406 e. The van der Waals surface area contributed by atoms with E-state index >= 15 is 0 Å². The van der Waals surface area contributed by atoms with Crippen LogP contribution >= 0.6 is 11.3 Å². The van der Waals surface area contributed by atoms with Crippen molar-refractivity contribution in [2.75, 3.05) is 0 Å². The van der Waals surface area contributed by atoms with E-state index in [0.29, 0.717) is 10.1 Å². The lowest BCUT2D eigenvalue weighted by Gasteiger charge is -2.19. The van der Waals surface area contributed by atoms with Crippen LogP contribution in [0.25, 0.3) is 0 Å². The van der Waals surface area contributed by atoms with Crippen molar-refractivity contribution in [2.45, 2.75) is 156 Å². The molecule has 0 saturated carbocycles. The molecule has 0 N–H and O–H groups in total. The second-order valence-corrected chi connectivity index (χ2v) is 20.7. The van der Waals surface area contributed by atoms with Crippen LogP contribution in [0.3, 0.4) is 0 Å². The molecule has 0 saturated heterocycles. The van der Waals surface area contributed by atoms with Crippen molar-refractivity contribution in [3.05, 3.63) is 135 Å². The van der Waals surface area contributed by atoms with E-state index in [9.17, 15) is 43.9 Å². The summed E-state index contributed by atoms with van der Waals surface area (Å²) < 4.78 is 125. The summed E-state index contributed by atoms with van der Waals surface area (Å²) in [5, 5.41) is 3.47. The Morgan fingerprint density at radius 3 is 1.16 bits per heavy atom.